The van der Waals surface area contributed by atoms with E-state index < -0.39 is 29.6 Å². The summed E-state index contributed by atoms with van der Waals surface area (Å²) in [6.07, 6.45) is 11.2. The fourth-order valence-corrected chi connectivity index (χ4v) is 3.82. The van der Waals surface area contributed by atoms with Gasteiger partial charge in [-0.15, -0.1) is 0 Å². The Labute approximate surface area is 183 Å². The zero-order chi connectivity index (χ0) is 23.4. The van der Waals surface area contributed by atoms with Crippen molar-refractivity contribution >= 4 is 11.9 Å². The van der Waals surface area contributed by atoms with Gasteiger partial charge in [0.25, 0.3) is 0 Å². The predicted octanol–water partition coefficient (Wildman–Crippen LogP) is 4.10. The molecule has 0 aromatic rings. The molecule has 6 nitrogen and oxygen atoms in total. The van der Waals surface area contributed by atoms with Crippen LogP contribution in [0.25, 0.3) is 0 Å². The number of aliphatic carboxylic acids is 1. The first-order chi connectivity index (χ1) is 14.3. The van der Waals surface area contributed by atoms with E-state index in [-0.39, 0.29) is 29.7 Å². The van der Waals surface area contributed by atoms with Gasteiger partial charge in [-0.1, -0.05) is 36.8 Å². The maximum atomic E-state index is 13.9. The molecule has 2 aliphatic carbocycles. The minimum Gasteiger partial charge on any atom is -0.480 e. The summed E-state index contributed by atoms with van der Waals surface area (Å²) < 4.78 is 24.7. The quantitative estimate of drug-likeness (QED) is 0.559. The summed E-state index contributed by atoms with van der Waals surface area (Å²) >= 11 is 0. The van der Waals surface area contributed by atoms with Gasteiger partial charge in [0.05, 0.1) is 6.10 Å². The molecule has 0 aromatic heterocycles. The van der Waals surface area contributed by atoms with E-state index in [9.17, 15) is 19.1 Å². The van der Waals surface area contributed by atoms with Crippen LogP contribution >= 0.6 is 0 Å². The Bertz CT molecular complexity index is 807. The number of methoxy groups -OCH3 is 1. The van der Waals surface area contributed by atoms with Crippen LogP contribution in [0.3, 0.4) is 0 Å². The fraction of sp³-hybridized carbons (Fsp3) is 0.583. The number of ether oxygens (including phenoxy) is 2. The molecule has 5 unspecified atom stereocenters. The summed E-state index contributed by atoms with van der Waals surface area (Å²) in [4.78, 5) is 24.0. The predicted molar refractivity (Wildman–Crippen MR) is 117 cm³/mol. The van der Waals surface area contributed by atoms with E-state index >= 15 is 0 Å². The van der Waals surface area contributed by atoms with Gasteiger partial charge in [-0.2, -0.15) is 0 Å². The summed E-state index contributed by atoms with van der Waals surface area (Å²) in [6.45, 7) is 8.91. The third kappa shape index (κ3) is 6.87. The Kier molecular flexibility index (Phi) is 8.00. The lowest BCUT2D eigenvalue weighted by Crippen LogP contribution is -2.47. The van der Waals surface area contributed by atoms with Gasteiger partial charge in [0.15, 0.2) is 0 Å². The monoisotopic (exact) mass is 435 g/mol. The van der Waals surface area contributed by atoms with Crippen molar-refractivity contribution in [1.29, 1.82) is 0 Å². The van der Waals surface area contributed by atoms with Crippen molar-refractivity contribution in [3.05, 3.63) is 47.9 Å². The fourth-order valence-electron chi connectivity index (χ4n) is 3.82. The second-order valence-corrected chi connectivity index (χ2v) is 9.48. The third-order valence-corrected chi connectivity index (χ3v) is 5.60. The summed E-state index contributed by atoms with van der Waals surface area (Å²) in [7, 11) is 1.60. The molecule has 7 heteroatoms. The standard InChI is InChI=1S/C24H34FNO5/c1-15(22(29)31-23(2,3)4)26-19(21(27)28)13-16-9-11-24(5,12-10-16)18-14-17(25)7-8-20(18)30-6/h7-11,14-15,18-20,26H,12-13H2,1-6H3,(H,27,28). The molecule has 0 radical (unpaired) electrons. The van der Waals surface area contributed by atoms with Crippen molar-refractivity contribution in [3.63, 3.8) is 0 Å². The molecule has 0 saturated carbocycles. The van der Waals surface area contributed by atoms with Crippen LogP contribution in [0.1, 0.15) is 47.5 Å². The molecule has 31 heavy (non-hydrogen) atoms. The first-order valence-corrected chi connectivity index (χ1v) is 10.5. The molecule has 0 amide bonds. The largest absolute Gasteiger partial charge is 0.480 e. The van der Waals surface area contributed by atoms with Crippen LogP contribution in [0.15, 0.2) is 47.9 Å². The molecular weight excluding hydrogens is 401 g/mol. The van der Waals surface area contributed by atoms with Gasteiger partial charge in [0, 0.05) is 13.0 Å². The Morgan fingerprint density at radius 3 is 2.55 bits per heavy atom. The zero-order valence-corrected chi connectivity index (χ0v) is 19.1. The van der Waals surface area contributed by atoms with E-state index in [4.69, 9.17) is 9.47 Å². The molecule has 0 aromatic carbocycles. The van der Waals surface area contributed by atoms with Gasteiger partial charge in [-0.25, -0.2) is 4.39 Å². The van der Waals surface area contributed by atoms with Gasteiger partial charge >= 0.3 is 11.9 Å². The SMILES string of the molecule is COC1C=CC(F)=CC1C1(C)C=CC(CC(NC(C)C(=O)OC(C)(C)C)C(=O)O)=CC1. The highest BCUT2D eigenvalue weighted by molar-refractivity contribution is 5.79. The highest BCUT2D eigenvalue weighted by Gasteiger charge is 2.38. The van der Waals surface area contributed by atoms with Crippen LogP contribution in [-0.2, 0) is 19.1 Å². The van der Waals surface area contributed by atoms with Crippen molar-refractivity contribution in [2.75, 3.05) is 7.11 Å². The highest BCUT2D eigenvalue weighted by atomic mass is 19.1. The molecule has 172 valence electrons. The molecule has 2 rings (SSSR count). The van der Waals surface area contributed by atoms with Crippen LogP contribution in [0.5, 0.6) is 0 Å². The molecule has 0 bridgehead atoms. The lowest BCUT2D eigenvalue weighted by Gasteiger charge is -2.39. The maximum Gasteiger partial charge on any atom is 0.323 e. The van der Waals surface area contributed by atoms with Crippen molar-refractivity contribution in [2.24, 2.45) is 11.3 Å². The molecule has 2 aliphatic rings. The average molecular weight is 436 g/mol. The number of carbonyl (C=O) groups excluding carboxylic acids is 1. The molecule has 0 saturated heterocycles. The number of carboxylic acid groups (broad SMARTS) is 1. The van der Waals surface area contributed by atoms with E-state index in [0.717, 1.165) is 5.57 Å². The number of rotatable bonds is 8. The van der Waals surface area contributed by atoms with Crippen molar-refractivity contribution in [3.8, 4) is 0 Å². The third-order valence-electron chi connectivity index (χ3n) is 5.60. The van der Waals surface area contributed by atoms with Crippen LogP contribution < -0.4 is 5.32 Å². The van der Waals surface area contributed by atoms with Crippen LogP contribution in [0, 0.1) is 11.3 Å². The summed E-state index contributed by atoms with van der Waals surface area (Å²) in [6, 6.07) is -1.70. The lowest BCUT2D eigenvalue weighted by molar-refractivity contribution is -0.157. The lowest BCUT2D eigenvalue weighted by atomic mass is 9.68. The molecular formula is C24H34FNO5. The maximum absolute atomic E-state index is 13.9. The Balaban J connectivity index is 2.05. The van der Waals surface area contributed by atoms with Crippen LogP contribution in [-0.4, -0.2) is 47.9 Å². The van der Waals surface area contributed by atoms with E-state index in [1.54, 1.807) is 47.0 Å². The van der Waals surface area contributed by atoms with E-state index in [1.807, 2.05) is 25.2 Å². The summed E-state index contributed by atoms with van der Waals surface area (Å²) in [5, 5.41) is 12.5. The number of carboxylic acids is 1. The van der Waals surface area contributed by atoms with Gasteiger partial charge in [-0.3, -0.25) is 14.9 Å². The van der Waals surface area contributed by atoms with Gasteiger partial charge in [0.2, 0.25) is 0 Å². The van der Waals surface area contributed by atoms with Gasteiger partial charge < -0.3 is 14.6 Å². The molecule has 0 fully saturated rings. The number of allylic oxidation sites excluding steroid dienone is 5. The second-order valence-electron chi connectivity index (χ2n) is 9.48. The van der Waals surface area contributed by atoms with E-state index in [0.29, 0.717) is 6.42 Å². The highest BCUT2D eigenvalue weighted by Crippen LogP contribution is 2.43. The second kappa shape index (κ2) is 9.92. The Morgan fingerprint density at radius 1 is 1.35 bits per heavy atom. The number of hydrogen-bond acceptors (Lipinski definition) is 5. The zero-order valence-electron chi connectivity index (χ0n) is 19.1. The Morgan fingerprint density at radius 2 is 2.03 bits per heavy atom. The smallest absolute Gasteiger partial charge is 0.323 e. The number of esters is 1. The number of hydrogen-bond donors (Lipinski definition) is 2. The molecule has 2 N–H and O–H groups in total. The Hall–Kier alpha value is -2.25. The topological polar surface area (TPSA) is 84.9 Å². The van der Waals surface area contributed by atoms with Crippen molar-refractivity contribution in [2.45, 2.75) is 71.2 Å². The minimum atomic E-state index is -1.04. The van der Waals surface area contributed by atoms with E-state index in [2.05, 4.69) is 5.32 Å². The molecule has 0 spiro atoms. The first kappa shape index (κ1) is 25.0. The van der Waals surface area contributed by atoms with Crippen LogP contribution in [0.4, 0.5) is 4.39 Å². The number of nitrogens with one attached hydrogen (secondary N) is 1. The number of carbonyl (C=O) groups is 2. The van der Waals surface area contributed by atoms with Gasteiger partial charge in [-0.05, 0) is 58.1 Å². The average Bonchev–Trinajstić information content (AvgIpc) is 2.67. The molecule has 0 aliphatic heterocycles. The van der Waals surface area contributed by atoms with Crippen molar-refractivity contribution < 1.29 is 28.6 Å². The summed E-state index contributed by atoms with van der Waals surface area (Å²) in [5.74, 6) is -1.99. The first-order valence-electron chi connectivity index (χ1n) is 10.5. The molecule has 0 heterocycles. The van der Waals surface area contributed by atoms with Crippen LogP contribution in [0.2, 0.25) is 0 Å². The van der Waals surface area contributed by atoms with E-state index in [1.165, 1.54) is 6.08 Å². The normalized spacial score (nSPS) is 27.8. The van der Waals surface area contributed by atoms with Crippen molar-refractivity contribution in [1.82, 2.24) is 5.32 Å². The number of halogens is 1. The molecule has 5 atom stereocenters. The minimum absolute atomic E-state index is 0.169. The van der Waals surface area contributed by atoms with Gasteiger partial charge in [0.1, 0.15) is 23.5 Å². The summed E-state index contributed by atoms with van der Waals surface area (Å²) in [5.41, 5.74) is -0.159.